The van der Waals surface area contributed by atoms with Gasteiger partial charge in [0.15, 0.2) is 5.65 Å². The number of imidazole rings is 1. The normalized spacial score (nSPS) is 11.6. The lowest BCUT2D eigenvalue weighted by Crippen LogP contribution is -2.29. The first kappa shape index (κ1) is 18.8. The molecule has 1 aromatic carbocycles. The van der Waals surface area contributed by atoms with Crippen LogP contribution >= 0.6 is 0 Å². The zero-order chi connectivity index (χ0) is 20.4. The van der Waals surface area contributed by atoms with E-state index in [2.05, 4.69) is 15.3 Å². The third-order valence-corrected chi connectivity index (χ3v) is 4.53. The minimum atomic E-state index is -0.914. The molecule has 0 saturated heterocycles. The summed E-state index contributed by atoms with van der Waals surface area (Å²) in [7, 11) is 0. The van der Waals surface area contributed by atoms with E-state index in [1.54, 1.807) is 55.3 Å². The SMILES string of the molecule is CC(C)(O)CNc1c(-c2ccc(C=O)cc2)c(-c2ccncc2)nn2ccnc12. The molecule has 0 amide bonds. The number of benzene rings is 1. The smallest absolute Gasteiger partial charge is 0.177 e. The topological polar surface area (TPSA) is 92.4 Å². The standard InChI is InChI=1S/C22H21N5O2/c1-22(2,29)14-25-20-18(16-5-3-15(13-28)4-6-16)19(17-7-9-23-10-8-17)26-27-12-11-24-21(20)27/h3-13,25,29H,14H2,1-2H3. The van der Waals surface area contributed by atoms with Crippen LogP contribution in [0.1, 0.15) is 24.2 Å². The maximum absolute atomic E-state index is 11.1. The van der Waals surface area contributed by atoms with Gasteiger partial charge in [0.25, 0.3) is 0 Å². The molecule has 0 aliphatic rings. The van der Waals surface area contributed by atoms with E-state index in [1.807, 2.05) is 24.3 Å². The van der Waals surface area contributed by atoms with Crippen molar-refractivity contribution in [3.05, 3.63) is 66.7 Å². The zero-order valence-electron chi connectivity index (χ0n) is 16.2. The Bertz CT molecular complexity index is 1150. The molecule has 2 N–H and O–H groups in total. The Kier molecular flexibility index (Phi) is 4.82. The second-order valence-electron chi connectivity index (χ2n) is 7.44. The van der Waals surface area contributed by atoms with Gasteiger partial charge in [0.2, 0.25) is 0 Å². The van der Waals surface area contributed by atoms with Crippen LogP contribution in [0.2, 0.25) is 0 Å². The highest BCUT2D eigenvalue weighted by Crippen LogP contribution is 2.38. The second-order valence-corrected chi connectivity index (χ2v) is 7.44. The van der Waals surface area contributed by atoms with E-state index in [4.69, 9.17) is 5.10 Å². The Morgan fingerprint density at radius 2 is 1.79 bits per heavy atom. The van der Waals surface area contributed by atoms with E-state index in [0.29, 0.717) is 17.8 Å². The number of anilines is 1. The monoisotopic (exact) mass is 387 g/mol. The van der Waals surface area contributed by atoms with Crippen LogP contribution in [-0.4, -0.2) is 43.1 Å². The van der Waals surface area contributed by atoms with Gasteiger partial charge in [0, 0.05) is 48.0 Å². The fourth-order valence-electron chi connectivity index (χ4n) is 3.14. The van der Waals surface area contributed by atoms with Gasteiger partial charge in [-0.05, 0) is 31.5 Å². The summed E-state index contributed by atoms with van der Waals surface area (Å²) in [6, 6.07) is 11.1. The van der Waals surface area contributed by atoms with Gasteiger partial charge in [-0.3, -0.25) is 9.78 Å². The lowest BCUT2D eigenvalue weighted by Gasteiger charge is -2.22. The van der Waals surface area contributed by atoms with Crippen LogP contribution in [0.15, 0.2) is 61.2 Å². The van der Waals surface area contributed by atoms with Gasteiger partial charge in [-0.15, -0.1) is 0 Å². The average Bonchev–Trinajstić information content (AvgIpc) is 3.20. The number of rotatable bonds is 6. The van der Waals surface area contributed by atoms with Crippen LogP contribution in [-0.2, 0) is 0 Å². The molecule has 7 heteroatoms. The molecule has 3 aromatic heterocycles. The Morgan fingerprint density at radius 3 is 2.45 bits per heavy atom. The number of hydrogen-bond donors (Lipinski definition) is 2. The maximum atomic E-state index is 11.1. The van der Waals surface area contributed by atoms with Crippen molar-refractivity contribution in [3.8, 4) is 22.4 Å². The van der Waals surface area contributed by atoms with Gasteiger partial charge < -0.3 is 10.4 Å². The van der Waals surface area contributed by atoms with Gasteiger partial charge in [-0.25, -0.2) is 9.50 Å². The Morgan fingerprint density at radius 1 is 1.07 bits per heavy atom. The molecule has 0 spiro atoms. The van der Waals surface area contributed by atoms with Crippen molar-refractivity contribution < 1.29 is 9.90 Å². The number of carbonyl (C=O) groups is 1. The van der Waals surface area contributed by atoms with Crippen LogP contribution in [0.3, 0.4) is 0 Å². The highest BCUT2D eigenvalue weighted by Gasteiger charge is 2.21. The van der Waals surface area contributed by atoms with Crippen LogP contribution in [0, 0.1) is 0 Å². The molecule has 0 aliphatic carbocycles. The molecule has 0 unspecified atom stereocenters. The molecule has 4 rings (SSSR count). The number of aldehydes is 1. The molecule has 0 bridgehead atoms. The molecule has 0 aliphatic heterocycles. The van der Waals surface area contributed by atoms with Gasteiger partial charge in [-0.2, -0.15) is 5.10 Å². The van der Waals surface area contributed by atoms with Crippen molar-refractivity contribution in [3.63, 3.8) is 0 Å². The Balaban J connectivity index is 2.00. The minimum absolute atomic E-state index is 0.328. The highest BCUT2D eigenvalue weighted by molar-refractivity contribution is 5.95. The molecule has 146 valence electrons. The first-order valence-electron chi connectivity index (χ1n) is 9.26. The van der Waals surface area contributed by atoms with E-state index < -0.39 is 5.60 Å². The summed E-state index contributed by atoms with van der Waals surface area (Å²) in [4.78, 5) is 19.7. The summed E-state index contributed by atoms with van der Waals surface area (Å²) in [5.41, 5.74) is 4.48. The van der Waals surface area contributed by atoms with Gasteiger partial charge in [0.1, 0.15) is 12.0 Å². The minimum Gasteiger partial charge on any atom is -0.389 e. The third kappa shape index (κ3) is 3.86. The number of hydrogen-bond acceptors (Lipinski definition) is 6. The van der Waals surface area contributed by atoms with Crippen molar-refractivity contribution in [2.24, 2.45) is 0 Å². The zero-order valence-corrected chi connectivity index (χ0v) is 16.2. The van der Waals surface area contributed by atoms with Crippen molar-refractivity contribution >= 4 is 17.6 Å². The van der Waals surface area contributed by atoms with Crippen molar-refractivity contribution in [2.75, 3.05) is 11.9 Å². The molecule has 0 radical (unpaired) electrons. The largest absolute Gasteiger partial charge is 0.389 e. The van der Waals surface area contributed by atoms with Crippen LogP contribution in [0.25, 0.3) is 28.0 Å². The number of aromatic nitrogens is 4. The predicted octanol–water partition coefficient (Wildman–Crippen LogP) is 3.45. The van der Waals surface area contributed by atoms with E-state index in [-0.39, 0.29) is 0 Å². The fourth-order valence-corrected chi connectivity index (χ4v) is 3.14. The second kappa shape index (κ2) is 7.44. The molecule has 0 atom stereocenters. The van der Waals surface area contributed by atoms with Crippen LogP contribution in [0.5, 0.6) is 0 Å². The summed E-state index contributed by atoms with van der Waals surface area (Å²) in [6.07, 6.45) is 7.73. The molecule has 4 aromatic rings. The van der Waals surface area contributed by atoms with E-state index in [0.717, 1.165) is 34.4 Å². The molecular formula is C22H21N5O2. The van der Waals surface area contributed by atoms with Crippen LogP contribution in [0.4, 0.5) is 5.69 Å². The molecule has 7 nitrogen and oxygen atoms in total. The number of pyridine rings is 1. The lowest BCUT2D eigenvalue weighted by atomic mass is 9.97. The summed E-state index contributed by atoms with van der Waals surface area (Å²) in [6.45, 7) is 3.81. The predicted molar refractivity (Wildman–Crippen MR) is 112 cm³/mol. The fraction of sp³-hybridized carbons (Fsp3) is 0.182. The average molecular weight is 387 g/mol. The Labute approximate surface area is 168 Å². The van der Waals surface area contributed by atoms with Crippen LogP contribution < -0.4 is 5.32 Å². The summed E-state index contributed by atoms with van der Waals surface area (Å²) < 4.78 is 1.71. The van der Waals surface area contributed by atoms with Crippen molar-refractivity contribution in [2.45, 2.75) is 19.4 Å². The van der Waals surface area contributed by atoms with Gasteiger partial charge >= 0.3 is 0 Å². The number of fused-ring (bicyclic) bond motifs is 1. The van der Waals surface area contributed by atoms with Crippen molar-refractivity contribution in [1.29, 1.82) is 0 Å². The third-order valence-electron chi connectivity index (χ3n) is 4.53. The summed E-state index contributed by atoms with van der Waals surface area (Å²) >= 11 is 0. The number of carbonyl (C=O) groups excluding carboxylic acids is 1. The first-order valence-corrected chi connectivity index (χ1v) is 9.26. The molecule has 0 fully saturated rings. The van der Waals surface area contributed by atoms with Crippen molar-refractivity contribution in [1.82, 2.24) is 19.6 Å². The number of nitrogens with one attached hydrogen (secondary N) is 1. The molecule has 0 saturated carbocycles. The molecular weight excluding hydrogens is 366 g/mol. The van der Waals surface area contributed by atoms with E-state index >= 15 is 0 Å². The molecule has 29 heavy (non-hydrogen) atoms. The maximum Gasteiger partial charge on any atom is 0.177 e. The molecule has 3 heterocycles. The highest BCUT2D eigenvalue weighted by atomic mass is 16.3. The quantitative estimate of drug-likeness (QED) is 0.492. The van der Waals surface area contributed by atoms with Gasteiger partial charge in [0.05, 0.1) is 11.3 Å². The number of aliphatic hydroxyl groups is 1. The Hall–Kier alpha value is -3.58. The van der Waals surface area contributed by atoms with E-state index in [9.17, 15) is 9.90 Å². The summed E-state index contributed by atoms with van der Waals surface area (Å²) in [5, 5.41) is 18.4. The lowest BCUT2D eigenvalue weighted by molar-refractivity contribution is 0.0945. The number of nitrogens with zero attached hydrogens (tertiary/aromatic N) is 4. The first-order chi connectivity index (χ1) is 14.0. The van der Waals surface area contributed by atoms with E-state index in [1.165, 1.54) is 0 Å². The summed E-state index contributed by atoms with van der Waals surface area (Å²) in [5.74, 6) is 0. The van der Waals surface area contributed by atoms with Gasteiger partial charge in [-0.1, -0.05) is 24.3 Å².